The lowest BCUT2D eigenvalue weighted by Gasteiger charge is -2.15. The molecule has 0 saturated heterocycles. The molecule has 0 radical (unpaired) electrons. The van der Waals surface area contributed by atoms with Gasteiger partial charge in [-0.2, -0.15) is 4.31 Å². The number of sulfonamides is 1. The molecule has 0 unspecified atom stereocenters. The first-order valence-corrected chi connectivity index (χ1v) is 10.3. The van der Waals surface area contributed by atoms with Crippen molar-refractivity contribution in [2.24, 2.45) is 0 Å². The molecule has 1 N–H and O–H groups in total. The number of nitrogens with zero attached hydrogens (tertiary/aromatic N) is 3. The summed E-state index contributed by atoms with van der Waals surface area (Å²) in [5.41, 5.74) is 1.62. The molecule has 0 spiro atoms. The van der Waals surface area contributed by atoms with Crippen LogP contribution in [0.3, 0.4) is 0 Å². The van der Waals surface area contributed by atoms with Crippen LogP contribution < -0.4 is 5.32 Å². The average Bonchev–Trinajstić information content (AvgIpc) is 3.05. The van der Waals surface area contributed by atoms with Crippen molar-refractivity contribution >= 4 is 32.4 Å². The Kier molecular flexibility index (Phi) is 6.26. The summed E-state index contributed by atoms with van der Waals surface area (Å²) in [5, 5.41) is 10.2. The molecule has 0 aliphatic heterocycles. The zero-order valence-corrected chi connectivity index (χ0v) is 16.3. The number of benzene rings is 1. The summed E-state index contributed by atoms with van der Waals surface area (Å²) in [7, 11) is -3.67. The van der Waals surface area contributed by atoms with Gasteiger partial charge in [0.15, 0.2) is 0 Å². The summed E-state index contributed by atoms with van der Waals surface area (Å²) >= 11 is 0.846. The normalized spacial score (nSPS) is 11.9. The van der Waals surface area contributed by atoms with Crippen LogP contribution >= 0.6 is 11.3 Å². The number of rotatable bonds is 7. The summed E-state index contributed by atoms with van der Waals surface area (Å²) in [4.78, 5) is 12.3. The van der Waals surface area contributed by atoms with Crippen molar-refractivity contribution in [3.8, 4) is 0 Å². The first-order chi connectivity index (χ1) is 11.8. The van der Waals surface area contributed by atoms with E-state index in [4.69, 9.17) is 0 Å². The topological polar surface area (TPSA) is 92.3 Å². The monoisotopic (exact) mass is 382 g/mol. The first-order valence-electron chi connectivity index (χ1n) is 8.04. The highest BCUT2D eigenvalue weighted by molar-refractivity contribution is 7.91. The van der Waals surface area contributed by atoms with Gasteiger partial charge in [-0.15, -0.1) is 10.2 Å². The van der Waals surface area contributed by atoms with Crippen molar-refractivity contribution in [2.45, 2.75) is 38.0 Å². The van der Waals surface area contributed by atoms with Crippen molar-refractivity contribution in [3.05, 3.63) is 35.4 Å². The van der Waals surface area contributed by atoms with Crippen LogP contribution in [0, 0.1) is 0 Å². The summed E-state index contributed by atoms with van der Waals surface area (Å²) < 4.78 is 25.9. The molecule has 0 bridgehead atoms. The van der Waals surface area contributed by atoms with Crippen molar-refractivity contribution in [2.75, 3.05) is 18.4 Å². The molecule has 1 aromatic heterocycles. The minimum atomic E-state index is -3.67. The van der Waals surface area contributed by atoms with E-state index < -0.39 is 10.0 Å². The second-order valence-electron chi connectivity index (χ2n) is 5.69. The van der Waals surface area contributed by atoms with E-state index in [-0.39, 0.29) is 15.4 Å². The van der Waals surface area contributed by atoms with Crippen LogP contribution in [0.2, 0.25) is 0 Å². The number of carbonyl (C=O) groups excluding carboxylic acids is 1. The van der Waals surface area contributed by atoms with Crippen molar-refractivity contribution in [1.29, 1.82) is 0 Å². The third-order valence-corrected chi connectivity index (χ3v) is 6.97. The van der Waals surface area contributed by atoms with E-state index in [2.05, 4.69) is 29.4 Å². The van der Waals surface area contributed by atoms with Gasteiger partial charge in [0.05, 0.1) is 0 Å². The Morgan fingerprint density at radius 2 is 1.76 bits per heavy atom. The number of anilines is 1. The SMILES string of the molecule is CCN(CC)S(=O)(=O)c1nnc(NC(=O)c2ccc(C(C)C)cc2)s1. The third kappa shape index (κ3) is 4.42. The number of hydrogen-bond donors (Lipinski definition) is 1. The molecule has 0 atom stereocenters. The molecule has 0 saturated carbocycles. The molecule has 2 rings (SSSR count). The van der Waals surface area contributed by atoms with Gasteiger partial charge in [0.2, 0.25) is 9.47 Å². The maximum atomic E-state index is 12.4. The van der Waals surface area contributed by atoms with Crippen LogP contribution in [0.5, 0.6) is 0 Å². The van der Waals surface area contributed by atoms with Gasteiger partial charge in [-0.25, -0.2) is 8.42 Å². The molecule has 0 aliphatic rings. The van der Waals surface area contributed by atoms with Gasteiger partial charge in [0, 0.05) is 18.7 Å². The third-order valence-electron chi connectivity index (χ3n) is 3.73. The first kappa shape index (κ1) is 19.5. The maximum absolute atomic E-state index is 12.4. The number of aromatic nitrogens is 2. The van der Waals surface area contributed by atoms with E-state index >= 15 is 0 Å². The summed E-state index contributed by atoms with van der Waals surface area (Å²) in [6.45, 7) is 8.37. The Hall–Kier alpha value is -1.84. The smallest absolute Gasteiger partial charge is 0.272 e. The Labute approximate surface area is 152 Å². The van der Waals surface area contributed by atoms with E-state index in [0.29, 0.717) is 24.6 Å². The lowest BCUT2D eigenvalue weighted by atomic mass is 10.0. The molecule has 136 valence electrons. The molecule has 1 aromatic carbocycles. The van der Waals surface area contributed by atoms with Gasteiger partial charge in [0.1, 0.15) is 0 Å². The van der Waals surface area contributed by atoms with E-state index in [0.717, 1.165) is 16.9 Å². The van der Waals surface area contributed by atoms with Crippen LogP contribution in [0.4, 0.5) is 5.13 Å². The van der Waals surface area contributed by atoms with Crippen LogP contribution in [0.1, 0.15) is 49.5 Å². The largest absolute Gasteiger partial charge is 0.296 e. The highest BCUT2D eigenvalue weighted by Gasteiger charge is 2.26. The predicted octanol–water partition coefficient (Wildman–Crippen LogP) is 2.94. The quantitative estimate of drug-likeness (QED) is 0.743. The van der Waals surface area contributed by atoms with Gasteiger partial charge < -0.3 is 0 Å². The van der Waals surface area contributed by atoms with Crippen molar-refractivity contribution in [3.63, 3.8) is 0 Å². The fourth-order valence-electron chi connectivity index (χ4n) is 2.23. The number of hydrogen-bond acceptors (Lipinski definition) is 6. The Morgan fingerprint density at radius 3 is 2.28 bits per heavy atom. The summed E-state index contributed by atoms with van der Waals surface area (Å²) in [6.07, 6.45) is 0. The molecule has 0 aliphatic carbocycles. The van der Waals surface area contributed by atoms with Gasteiger partial charge >= 0.3 is 0 Å². The Bertz CT molecular complexity index is 825. The molecular formula is C16H22N4O3S2. The van der Waals surface area contributed by atoms with Crippen LogP contribution in [0.15, 0.2) is 28.6 Å². The molecule has 1 amide bonds. The standard InChI is InChI=1S/C16H22N4O3S2/c1-5-20(6-2)25(22,23)16-19-18-15(24-16)17-14(21)13-9-7-12(8-10-13)11(3)4/h7-11H,5-6H2,1-4H3,(H,17,18,21). The highest BCUT2D eigenvalue weighted by Crippen LogP contribution is 2.24. The number of carbonyl (C=O) groups is 1. The molecule has 25 heavy (non-hydrogen) atoms. The fourth-order valence-corrected chi connectivity index (χ4v) is 4.72. The van der Waals surface area contributed by atoms with Crippen molar-refractivity contribution in [1.82, 2.24) is 14.5 Å². The number of nitrogens with one attached hydrogen (secondary N) is 1. The van der Waals surface area contributed by atoms with Gasteiger partial charge in [-0.1, -0.05) is 51.2 Å². The maximum Gasteiger partial charge on any atom is 0.272 e. The van der Waals surface area contributed by atoms with E-state index in [1.165, 1.54) is 4.31 Å². The van der Waals surface area contributed by atoms with Gasteiger partial charge in [-0.05, 0) is 23.6 Å². The molecule has 9 heteroatoms. The Morgan fingerprint density at radius 1 is 1.16 bits per heavy atom. The summed E-state index contributed by atoms with van der Waals surface area (Å²) in [6, 6.07) is 7.27. The van der Waals surface area contributed by atoms with Gasteiger partial charge in [-0.3, -0.25) is 10.1 Å². The molecule has 0 fully saturated rings. The Balaban J connectivity index is 2.14. The van der Waals surface area contributed by atoms with Crippen molar-refractivity contribution < 1.29 is 13.2 Å². The predicted molar refractivity (Wildman–Crippen MR) is 98.5 cm³/mol. The molecule has 7 nitrogen and oxygen atoms in total. The minimum Gasteiger partial charge on any atom is -0.296 e. The minimum absolute atomic E-state index is 0.123. The van der Waals surface area contributed by atoms with E-state index in [1.807, 2.05) is 12.1 Å². The second kappa shape index (κ2) is 8.03. The average molecular weight is 383 g/mol. The van der Waals surface area contributed by atoms with Crippen LogP contribution in [0.25, 0.3) is 0 Å². The van der Waals surface area contributed by atoms with Crippen LogP contribution in [-0.4, -0.2) is 41.9 Å². The zero-order chi connectivity index (χ0) is 18.6. The lowest BCUT2D eigenvalue weighted by Crippen LogP contribution is -2.30. The van der Waals surface area contributed by atoms with E-state index in [1.54, 1.807) is 26.0 Å². The fraction of sp³-hybridized carbons (Fsp3) is 0.438. The zero-order valence-electron chi connectivity index (χ0n) is 14.7. The highest BCUT2D eigenvalue weighted by atomic mass is 32.2. The van der Waals surface area contributed by atoms with Crippen LogP contribution in [-0.2, 0) is 10.0 Å². The molecule has 1 heterocycles. The van der Waals surface area contributed by atoms with Gasteiger partial charge in [0.25, 0.3) is 15.9 Å². The summed E-state index contributed by atoms with van der Waals surface area (Å²) in [5.74, 6) is 0.0337. The van der Waals surface area contributed by atoms with E-state index in [9.17, 15) is 13.2 Å². The number of amides is 1. The molecular weight excluding hydrogens is 360 g/mol. The molecule has 2 aromatic rings. The lowest BCUT2D eigenvalue weighted by molar-refractivity contribution is 0.102. The second-order valence-corrected chi connectivity index (χ2v) is 8.78.